The average molecular weight is 841 g/mol. The van der Waals surface area contributed by atoms with Crippen molar-refractivity contribution in [1.29, 1.82) is 0 Å². The van der Waals surface area contributed by atoms with Crippen molar-refractivity contribution in [1.82, 2.24) is 0 Å². The third-order valence-corrected chi connectivity index (χ3v) is 12.8. The van der Waals surface area contributed by atoms with Gasteiger partial charge in [-0.2, -0.15) is 0 Å². The van der Waals surface area contributed by atoms with Crippen molar-refractivity contribution in [2.45, 2.75) is 254 Å². The summed E-state index contributed by atoms with van der Waals surface area (Å²) in [5, 5.41) is 22.9. The molecule has 0 aliphatic heterocycles. The second kappa shape index (κ2) is 38.5. The molecule has 10 heteroatoms. The van der Waals surface area contributed by atoms with E-state index in [0.29, 0.717) is 6.61 Å². The predicted octanol–water partition coefficient (Wildman–Crippen LogP) is 14.1. The molecule has 0 aromatic heterocycles. The highest BCUT2D eigenvalue weighted by Gasteiger charge is 2.48. The van der Waals surface area contributed by atoms with Crippen LogP contribution < -0.4 is 0 Å². The van der Waals surface area contributed by atoms with Gasteiger partial charge in [-0.05, 0) is 56.3 Å². The topological polar surface area (TPSA) is 140 Å². The summed E-state index contributed by atoms with van der Waals surface area (Å²) in [6.45, 7) is 21.1. The Bertz CT molecular complexity index is 753. The van der Waals surface area contributed by atoms with Crippen LogP contribution in [0.15, 0.2) is 0 Å². The van der Waals surface area contributed by atoms with Crippen LogP contribution in [0.1, 0.15) is 242 Å². The van der Waals surface area contributed by atoms with Crippen molar-refractivity contribution < 1.29 is 38.8 Å². The number of unbranched alkanes of at least 4 members (excludes halogenated alkanes) is 16. The van der Waals surface area contributed by atoms with E-state index in [1.54, 1.807) is 0 Å². The minimum atomic E-state index is -2.61. The standard InChI is InChI=1S/C46H94O3.H4O5P2/c1-40(2)30-22-14-10-18-26-34-45(35-27-19-11-15-23-31-41(3)4,36-28-20-12-16-24-32-42(5)6)46(48,39-49-44(9)38-47)37-29-21-13-17-25-33-43(7)8;1-6(2)5-7(3)4/h40-44,47-48H,10-39H2,1-9H3;1-4H. The van der Waals surface area contributed by atoms with Gasteiger partial charge in [-0.25, -0.2) is 4.31 Å². The number of ether oxygens (including phenoxy) is 1. The van der Waals surface area contributed by atoms with Crippen molar-refractivity contribution in [3.05, 3.63) is 0 Å². The molecule has 340 valence electrons. The van der Waals surface area contributed by atoms with Crippen molar-refractivity contribution in [3.63, 3.8) is 0 Å². The van der Waals surface area contributed by atoms with Crippen LogP contribution in [0.3, 0.4) is 0 Å². The molecular formula is C46H98O8P2. The van der Waals surface area contributed by atoms with E-state index in [0.717, 1.165) is 55.8 Å². The number of aliphatic hydroxyl groups excluding tert-OH is 1. The van der Waals surface area contributed by atoms with Gasteiger partial charge in [0, 0.05) is 5.41 Å². The fourth-order valence-electron chi connectivity index (χ4n) is 8.10. The van der Waals surface area contributed by atoms with Gasteiger partial charge in [-0.1, -0.05) is 209 Å². The first-order valence-corrected chi connectivity index (χ1v) is 25.8. The summed E-state index contributed by atoms with van der Waals surface area (Å²) < 4.78 is 9.93. The average Bonchev–Trinajstić information content (AvgIpc) is 3.10. The van der Waals surface area contributed by atoms with E-state index in [2.05, 4.69) is 59.7 Å². The Morgan fingerprint density at radius 2 is 0.679 bits per heavy atom. The fraction of sp³-hybridized carbons (Fsp3) is 1.00. The summed E-state index contributed by atoms with van der Waals surface area (Å²) >= 11 is 0. The lowest BCUT2D eigenvalue weighted by molar-refractivity contribution is -0.164. The zero-order chi connectivity index (χ0) is 42.7. The van der Waals surface area contributed by atoms with Crippen LogP contribution in [-0.4, -0.2) is 54.7 Å². The van der Waals surface area contributed by atoms with E-state index in [9.17, 15) is 10.2 Å². The molecule has 0 bridgehead atoms. The Hall–Kier alpha value is 0.540. The smallest absolute Gasteiger partial charge is 0.334 e. The molecule has 6 N–H and O–H groups in total. The monoisotopic (exact) mass is 841 g/mol. The normalized spacial score (nSPS) is 14.1. The van der Waals surface area contributed by atoms with Gasteiger partial charge in [0.15, 0.2) is 0 Å². The minimum Gasteiger partial charge on any atom is -0.394 e. The van der Waals surface area contributed by atoms with Gasteiger partial charge in [0.05, 0.1) is 24.9 Å². The molecule has 0 rings (SSSR count). The molecule has 0 radical (unpaired) electrons. The van der Waals surface area contributed by atoms with Crippen molar-refractivity contribution in [3.8, 4) is 0 Å². The molecule has 0 aliphatic carbocycles. The molecule has 0 fully saturated rings. The van der Waals surface area contributed by atoms with Crippen LogP contribution in [-0.2, 0) is 9.05 Å². The maximum absolute atomic E-state index is 13.0. The molecule has 0 aromatic carbocycles. The highest BCUT2D eigenvalue weighted by molar-refractivity contribution is 7.53. The number of aliphatic hydroxyl groups is 2. The van der Waals surface area contributed by atoms with Gasteiger partial charge in [0.25, 0.3) is 0 Å². The summed E-state index contributed by atoms with van der Waals surface area (Å²) in [5.74, 6) is 3.19. The highest BCUT2D eigenvalue weighted by Crippen LogP contribution is 2.49. The Morgan fingerprint density at radius 1 is 0.411 bits per heavy atom. The molecule has 0 aromatic rings. The Kier molecular flexibility index (Phi) is 40.3. The van der Waals surface area contributed by atoms with E-state index in [1.807, 2.05) is 6.92 Å². The summed E-state index contributed by atoms with van der Waals surface area (Å²) in [5.41, 5.74) is -0.936. The summed E-state index contributed by atoms with van der Waals surface area (Å²) in [6, 6.07) is 0. The third-order valence-electron chi connectivity index (χ3n) is 11.7. The summed E-state index contributed by atoms with van der Waals surface area (Å²) in [6.07, 6.45) is 35.1. The maximum atomic E-state index is 13.0. The first-order chi connectivity index (χ1) is 26.5. The van der Waals surface area contributed by atoms with Crippen LogP contribution >= 0.6 is 17.2 Å². The number of hydrogen-bond donors (Lipinski definition) is 6. The molecule has 0 spiro atoms. The SMILES string of the molecule is CC(C)CCCCCCCC(O)(COC(C)CO)C(CCCCCCCC(C)C)(CCCCCCCC(C)C)CCCCCCCC(C)C.OP(O)OP(O)O. The van der Waals surface area contributed by atoms with Crippen LogP contribution in [0.4, 0.5) is 0 Å². The molecule has 2 unspecified atom stereocenters. The predicted molar refractivity (Wildman–Crippen MR) is 242 cm³/mol. The van der Waals surface area contributed by atoms with Crippen molar-refractivity contribution >= 4 is 17.2 Å². The fourth-order valence-corrected chi connectivity index (χ4v) is 8.62. The molecule has 0 heterocycles. The van der Waals surface area contributed by atoms with Gasteiger partial charge in [-0.3, -0.25) is 0 Å². The van der Waals surface area contributed by atoms with Gasteiger partial charge < -0.3 is 34.5 Å². The minimum absolute atomic E-state index is 0.0159. The Labute approximate surface area is 351 Å². The first-order valence-electron chi connectivity index (χ1n) is 23.5. The van der Waals surface area contributed by atoms with E-state index in [-0.39, 0.29) is 18.1 Å². The Morgan fingerprint density at radius 3 is 0.929 bits per heavy atom. The highest BCUT2D eigenvalue weighted by atomic mass is 31.2. The van der Waals surface area contributed by atoms with Crippen LogP contribution in [0.2, 0.25) is 0 Å². The van der Waals surface area contributed by atoms with Crippen molar-refractivity contribution in [2.24, 2.45) is 29.1 Å². The van der Waals surface area contributed by atoms with Gasteiger partial charge in [-0.15, -0.1) is 0 Å². The molecular weight excluding hydrogens is 742 g/mol. The van der Waals surface area contributed by atoms with E-state index in [4.69, 9.17) is 24.3 Å². The lowest BCUT2D eigenvalue weighted by atomic mass is 9.61. The van der Waals surface area contributed by atoms with Crippen LogP contribution in [0, 0.1) is 29.1 Å². The summed E-state index contributed by atoms with van der Waals surface area (Å²) in [4.78, 5) is 31.3. The maximum Gasteiger partial charge on any atom is 0.334 e. The van der Waals surface area contributed by atoms with Gasteiger partial charge >= 0.3 is 17.2 Å². The van der Waals surface area contributed by atoms with Crippen LogP contribution in [0.5, 0.6) is 0 Å². The third kappa shape index (κ3) is 36.4. The second-order valence-electron chi connectivity index (χ2n) is 19.0. The molecule has 0 saturated carbocycles. The zero-order valence-electron chi connectivity index (χ0n) is 38.5. The number of hydrogen-bond acceptors (Lipinski definition) is 8. The van der Waals surface area contributed by atoms with E-state index in [1.165, 1.54) is 148 Å². The van der Waals surface area contributed by atoms with E-state index < -0.39 is 22.8 Å². The van der Waals surface area contributed by atoms with Gasteiger partial charge in [0.2, 0.25) is 0 Å². The Balaban J connectivity index is 0. The molecule has 0 saturated heterocycles. The second-order valence-corrected chi connectivity index (χ2v) is 20.7. The molecule has 56 heavy (non-hydrogen) atoms. The lowest BCUT2D eigenvalue weighted by Gasteiger charge is -2.49. The molecule has 0 aliphatic rings. The molecule has 0 amide bonds. The zero-order valence-corrected chi connectivity index (χ0v) is 40.3. The quantitative estimate of drug-likeness (QED) is 0.0266. The van der Waals surface area contributed by atoms with Crippen molar-refractivity contribution in [2.75, 3.05) is 13.2 Å². The van der Waals surface area contributed by atoms with Gasteiger partial charge in [0.1, 0.15) is 0 Å². The van der Waals surface area contributed by atoms with E-state index >= 15 is 0 Å². The lowest BCUT2D eigenvalue weighted by Crippen LogP contribution is -2.52. The first kappa shape index (κ1) is 58.6. The number of rotatable bonds is 39. The van der Waals surface area contributed by atoms with Crippen LogP contribution in [0.25, 0.3) is 0 Å². The largest absolute Gasteiger partial charge is 0.394 e. The summed E-state index contributed by atoms with van der Waals surface area (Å²) in [7, 11) is -5.22. The molecule has 8 nitrogen and oxygen atoms in total. The molecule has 2 atom stereocenters.